The van der Waals surface area contributed by atoms with E-state index in [1.54, 1.807) is 54.9 Å². The molecule has 0 radical (unpaired) electrons. The largest absolute Gasteiger partial charge is 0.287 e. The Morgan fingerprint density at radius 3 is 1.73 bits per heavy atom. The van der Waals surface area contributed by atoms with Crippen molar-refractivity contribution < 1.29 is 9.59 Å². The van der Waals surface area contributed by atoms with Crippen molar-refractivity contribution in [2.45, 2.75) is 0 Å². The van der Waals surface area contributed by atoms with Crippen LogP contribution in [0, 0.1) is 0 Å². The highest BCUT2D eigenvalue weighted by Crippen LogP contribution is 2.09. The van der Waals surface area contributed by atoms with E-state index in [-0.39, 0.29) is 17.3 Å². The third-order valence-electron chi connectivity index (χ3n) is 3.05. The van der Waals surface area contributed by atoms with Crippen LogP contribution < -0.4 is 0 Å². The lowest BCUT2D eigenvalue weighted by atomic mass is 10.1. The maximum absolute atomic E-state index is 12.2. The highest BCUT2D eigenvalue weighted by Gasteiger charge is 2.14. The van der Waals surface area contributed by atoms with Gasteiger partial charge in [0, 0.05) is 24.2 Å². The van der Waals surface area contributed by atoms with Crippen molar-refractivity contribution >= 4 is 11.6 Å². The smallest absolute Gasteiger partial charge is 0.229 e. The zero-order chi connectivity index (χ0) is 15.4. The van der Waals surface area contributed by atoms with E-state index in [4.69, 9.17) is 0 Å². The summed E-state index contributed by atoms with van der Waals surface area (Å²) in [7, 11) is 0. The molecule has 3 aromatic heterocycles. The number of pyridine rings is 3. The molecule has 3 aromatic rings. The molecule has 0 saturated carbocycles. The summed E-state index contributed by atoms with van der Waals surface area (Å²) in [6.45, 7) is 0. The monoisotopic (exact) mass is 289 g/mol. The van der Waals surface area contributed by atoms with E-state index in [2.05, 4.69) is 15.0 Å². The molecule has 0 aromatic carbocycles. The normalized spacial score (nSPS) is 10.2. The topological polar surface area (TPSA) is 72.8 Å². The Hall–Kier alpha value is -3.21. The zero-order valence-corrected chi connectivity index (χ0v) is 11.5. The Morgan fingerprint density at radius 1 is 0.636 bits per heavy atom. The number of ketones is 2. The number of carbonyl (C=O) groups is 2. The van der Waals surface area contributed by atoms with Crippen LogP contribution in [0.25, 0.3) is 0 Å². The lowest BCUT2D eigenvalue weighted by molar-refractivity contribution is 0.101. The predicted molar refractivity (Wildman–Crippen MR) is 79.6 cm³/mol. The van der Waals surface area contributed by atoms with E-state index in [0.717, 1.165) is 0 Å². The summed E-state index contributed by atoms with van der Waals surface area (Å²) >= 11 is 0. The van der Waals surface area contributed by atoms with Crippen molar-refractivity contribution in [3.8, 4) is 0 Å². The second-order valence-electron chi connectivity index (χ2n) is 4.52. The van der Waals surface area contributed by atoms with Gasteiger partial charge in [-0.3, -0.25) is 24.5 Å². The van der Waals surface area contributed by atoms with E-state index >= 15 is 0 Å². The molecule has 22 heavy (non-hydrogen) atoms. The minimum absolute atomic E-state index is 0.232. The van der Waals surface area contributed by atoms with Crippen molar-refractivity contribution in [2.24, 2.45) is 0 Å². The second-order valence-corrected chi connectivity index (χ2v) is 4.52. The minimum atomic E-state index is -0.280. The first-order valence-electron chi connectivity index (χ1n) is 6.63. The lowest BCUT2D eigenvalue weighted by Gasteiger charge is -2.02. The summed E-state index contributed by atoms with van der Waals surface area (Å²) < 4.78 is 0. The van der Waals surface area contributed by atoms with E-state index in [1.165, 1.54) is 12.3 Å². The summed E-state index contributed by atoms with van der Waals surface area (Å²) in [6.07, 6.45) is 4.49. The molecule has 3 rings (SSSR count). The van der Waals surface area contributed by atoms with E-state index in [9.17, 15) is 9.59 Å². The van der Waals surface area contributed by atoms with E-state index < -0.39 is 0 Å². The molecule has 0 atom stereocenters. The molecule has 0 fully saturated rings. The molecule has 0 aliphatic rings. The molecule has 0 amide bonds. The fourth-order valence-corrected chi connectivity index (χ4v) is 1.94. The molecule has 0 unspecified atom stereocenters. The average Bonchev–Trinajstić information content (AvgIpc) is 2.62. The molecular weight excluding hydrogens is 278 g/mol. The number of nitrogens with zero attached hydrogens (tertiary/aromatic N) is 3. The first-order chi connectivity index (χ1) is 10.8. The molecule has 0 N–H and O–H groups in total. The molecule has 3 heterocycles. The summed E-state index contributed by atoms with van der Waals surface area (Å²) in [4.78, 5) is 36.4. The molecule has 0 saturated heterocycles. The second kappa shape index (κ2) is 6.05. The standard InChI is InChI=1S/C17H11N3O2/c21-16(13-5-1-3-9-18-13)12-7-8-15(20-11-12)17(22)14-6-2-4-10-19-14/h1-11H. The molecule has 0 spiro atoms. The van der Waals surface area contributed by atoms with Crippen LogP contribution in [0.1, 0.15) is 32.2 Å². The quantitative estimate of drug-likeness (QED) is 0.689. The maximum atomic E-state index is 12.2. The van der Waals surface area contributed by atoms with Gasteiger partial charge in [0.2, 0.25) is 11.6 Å². The third-order valence-corrected chi connectivity index (χ3v) is 3.05. The van der Waals surface area contributed by atoms with Crippen LogP contribution in [-0.4, -0.2) is 26.5 Å². The van der Waals surface area contributed by atoms with Gasteiger partial charge in [0.1, 0.15) is 17.1 Å². The fourth-order valence-electron chi connectivity index (χ4n) is 1.94. The van der Waals surface area contributed by atoms with Gasteiger partial charge >= 0.3 is 0 Å². The van der Waals surface area contributed by atoms with Crippen molar-refractivity contribution in [1.29, 1.82) is 0 Å². The first-order valence-corrected chi connectivity index (χ1v) is 6.63. The van der Waals surface area contributed by atoms with Gasteiger partial charge in [0.25, 0.3) is 0 Å². The number of hydrogen-bond donors (Lipinski definition) is 0. The van der Waals surface area contributed by atoms with Crippen LogP contribution in [-0.2, 0) is 0 Å². The average molecular weight is 289 g/mol. The van der Waals surface area contributed by atoms with Crippen molar-refractivity contribution in [3.05, 3.63) is 89.8 Å². The number of aromatic nitrogens is 3. The molecule has 5 heteroatoms. The van der Waals surface area contributed by atoms with Crippen LogP contribution in [0.2, 0.25) is 0 Å². The van der Waals surface area contributed by atoms with Crippen LogP contribution in [0.5, 0.6) is 0 Å². The van der Waals surface area contributed by atoms with Gasteiger partial charge in [0.15, 0.2) is 0 Å². The van der Waals surface area contributed by atoms with Gasteiger partial charge in [-0.1, -0.05) is 12.1 Å². The van der Waals surface area contributed by atoms with Crippen LogP contribution >= 0.6 is 0 Å². The first kappa shape index (κ1) is 13.8. The summed E-state index contributed by atoms with van der Waals surface area (Å²) in [6, 6.07) is 13.3. The molecule has 0 bridgehead atoms. The summed E-state index contributed by atoms with van der Waals surface area (Å²) in [5, 5.41) is 0. The van der Waals surface area contributed by atoms with Crippen molar-refractivity contribution in [3.63, 3.8) is 0 Å². The zero-order valence-electron chi connectivity index (χ0n) is 11.5. The maximum Gasteiger partial charge on any atom is 0.229 e. The number of rotatable bonds is 4. The van der Waals surface area contributed by atoms with Gasteiger partial charge in [-0.2, -0.15) is 0 Å². The Balaban J connectivity index is 1.84. The van der Waals surface area contributed by atoms with Gasteiger partial charge in [-0.05, 0) is 36.4 Å². The van der Waals surface area contributed by atoms with Gasteiger partial charge < -0.3 is 0 Å². The van der Waals surface area contributed by atoms with Crippen LogP contribution in [0.3, 0.4) is 0 Å². The highest BCUT2D eigenvalue weighted by molar-refractivity contribution is 6.09. The van der Waals surface area contributed by atoms with Crippen molar-refractivity contribution in [2.75, 3.05) is 0 Å². The van der Waals surface area contributed by atoms with E-state index in [0.29, 0.717) is 17.0 Å². The SMILES string of the molecule is O=C(c1ccc(C(=O)c2ccccn2)nc1)c1ccccn1. The Bertz CT molecular complexity index is 730. The van der Waals surface area contributed by atoms with E-state index in [1.807, 2.05) is 0 Å². The van der Waals surface area contributed by atoms with Crippen molar-refractivity contribution in [1.82, 2.24) is 15.0 Å². The van der Waals surface area contributed by atoms with Gasteiger partial charge in [-0.25, -0.2) is 0 Å². The Labute approximate surface area is 126 Å². The lowest BCUT2D eigenvalue weighted by Crippen LogP contribution is -2.08. The number of hydrogen-bond acceptors (Lipinski definition) is 5. The number of carbonyl (C=O) groups excluding carboxylic acids is 2. The van der Waals surface area contributed by atoms with Crippen LogP contribution in [0.4, 0.5) is 0 Å². The molecule has 0 aliphatic carbocycles. The summed E-state index contributed by atoms with van der Waals surface area (Å²) in [5.74, 6) is -0.512. The highest BCUT2D eigenvalue weighted by atomic mass is 16.1. The molecule has 5 nitrogen and oxygen atoms in total. The molecular formula is C17H11N3O2. The van der Waals surface area contributed by atoms with Crippen LogP contribution in [0.15, 0.2) is 67.1 Å². The Morgan fingerprint density at radius 2 is 1.23 bits per heavy atom. The summed E-state index contributed by atoms with van der Waals surface area (Å²) in [5.41, 5.74) is 1.29. The predicted octanol–water partition coefficient (Wildman–Crippen LogP) is 2.33. The minimum Gasteiger partial charge on any atom is -0.287 e. The van der Waals surface area contributed by atoms with Gasteiger partial charge in [0.05, 0.1) is 0 Å². The third kappa shape index (κ3) is 2.78. The van der Waals surface area contributed by atoms with Gasteiger partial charge in [-0.15, -0.1) is 0 Å². The fraction of sp³-hybridized carbons (Fsp3) is 0. The molecule has 106 valence electrons. The molecule has 0 aliphatic heterocycles. The Kier molecular flexibility index (Phi) is 3.78.